The van der Waals surface area contributed by atoms with Crippen LogP contribution in [0.3, 0.4) is 0 Å². The Labute approximate surface area is 160 Å². The Bertz CT molecular complexity index is 720. The molecule has 0 saturated carbocycles. The maximum Gasteiger partial charge on any atom is 0.227 e. The molecule has 146 valence electrons. The van der Waals surface area contributed by atoms with Gasteiger partial charge >= 0.3 is 0 Å². The van der Waals surface area contributed by atoms with Gasteiger partial charge in [-0.3, -0.25) is 9.69 Å². The van der Waals surface area contributed by atoms with Crippen molar-refractivity contribution in [1.29, 1.82) is 0 Å². The third-order valence-electron chi connectivity index (χ3n) is 4.83. The van der Waals surface area contributed by atoms with Crippen LogP contribution in [0.5, 0.6) is 0 Å². The van der Waals surface area contributed by atoms with Crippen molar-refractivity contribution >= 4 is 5.91 Å². The molecule has 2 N–H and O–H groups in total. The van der Waals surface area contributed by atoms with Crippen LogP contribution in [-0.2, 0) is 11.2 Å². The Morgan fingerprint density at radius 3 is 2.70 bits per heavy atom. The van der Waals surface area contributed by atoms with Crippen LogP contribution in [0, 0.1) is 0 Å². The molecule has 0 radical (unpaired) electrons. The maximum absolute atomic E-state index is 12.0. The van der Waals surface area contributed by atoms with E-state index in [4.69, 9.17) is 4.52 Å². The second kappa shape index (κ2) is 9.62. The lowest BCUT2D eigenvalue weighted by molar-refractivity contribution is -0.121. The van der Waals surface area contributed by atoms with Crippen LogP contribution in [-0.4, -0.2) is 60.2 Å². The molecule has 1 aliphatic heterocycles. The van der Waals surface area contributed by atoms with Crippen LogP contribution in [0.25, 0.3) is 11.4 Å². The predicted molar refractivity (Wildman–Crippen MR) is 104 cm³/mol. The van der Waals surface area contributed by atoms with Gasteiger partial charge < -0.3 is 15.2 Å². The Balaban J connectivity index is 1.41. The molecule has 0 spiro atoms. The normalized spacial score (nSPS) is 15.2. The van der Waals surface area contributed by atoms with E-state index in [2.05, 4.69) is 51.7 Å². The number of aryl methyl sites for hydroxylation is 1. The number of amides is 1. The fourth-order valence-corrected chi connectivity index (χ4v) is 3.09. The zero-order chi connectivity index (χ0) is 19.1. The van der Waals surface area contributed by atoms with E-state index in [9.17, 15) is 4.79 Å². The molecule has 1 aliphatic rings. The average Bonchev–Trinajstić information content (AvgIpc) is 3.16. The zero-order valence-electron chi connectivity index (χ0n) is 16.2. The van der Waals surface area contributed by atoms with Crippen molar-refractivity contribution in [2.24, 2.45) is 0 Å². The summed E-state index contributed by atoms with van der Waals surface area (Å²) < 4.78 is 5.29. The molecule has 0 unspecified atom stereocenters. The summed E-state index contributed by atoms with van der Waals surface area (Å²) in [5.41, 5.74) is 2.20. The topological polar surface area (TPSA) is 83.3 Å². The second-order valence-electron chi connectivity index (χ2n) is 7.23. The Morgan fingerprint density at radius 2 is 2.00 bits per heavy atom. The molecule has 0 aliphatic carbocycles. The van der Waals surface area contributed by atoms with E-state index in [-0.39, 0.29) is 5.91 Å². The van der Waals surface area contributed by atoms with Crippen molar-refractivity contribution in [3.05, 3.63) is 35.7 Å². The molecule has 27 heavy (non-hydrogen) atoms. The Hall–Kier alpha value is -2.25. The summed E-state index contributed by atoms with van der Waals surface area (Å²) in [5, 5.41) is 10.3. The molecule has 3 rings (SSSR count). The van der Waals surface area contributed by atoms with Crippen LogP contribution < -0.4 is 10.6 Å². The van der Waals surface area contributed by atoms with Gasteiger partial charge in [0, 0.05) is 57.7 Å². The summed E-state index contributed by atoms with van der Waals surface area (Å²) in [6.07, 6.45) is 0.812. The summed E-state index contributed by atoms with van der Waals surface area (Å²) in [5.74, 6) is 1.57. The zero-order valence-corrected chi connectivity index (χ0v) is 16.2. The predicted octanol–water partition coefficient (Wildman–Crippen LogP) is 1.81. The van der Waals surface area contributed by atoms with Crippen molar-refractivity contribution in [2.45, 2.75) is 32.6 Å². The highest BCUT2D eigenvalue weighted by molar-refractivity contribution is 5.76. The third kappa shape index (κ3) is 5.87. The van der Waals surface area contributed by atoms with Crippen LogP contribution in [0.15, 0.2) is 28.8 Å². The van der Waals surface area contributed by atoms with E-state index in [0.717, 1.165) is 38.3 Å². The van der Waals surface area contributed by atoms with Crippen molar-refractivity contribution in [1.82, 2.24) is 25.7 Å². The lowest BCUT2D eigenvalue weighted by atomic mass is 10.0. The van der Waals surface area contributed by atoms with Gasteiger partial charge in [-0.15, -0.1) is 0 Å². The molecule has 1 aromatic heterocycles. The molecule has 1 saturated heterocycles. The number of benzene rings is 1. The third-order valence-corrected chi connectivity index (χ3v) is 4.83. The van der Waals surface area contributed by atoms with Gasteiger partial charge in [-0.05, 0) is 11.5 Å². The number of hydrogen-bond acceptors (Lipinski definition) is 6. The lowest BCUT2D eigenvalue weighted by Gasteiger charge is -2.27. The average molecular weight is 371 g/mol. The number of hydrogen-bond donors (Lipinski definition) is 2. The summed E-state index contributed by atoms with van der Waals surface area (Å²) in [7, 11) is 0. The maximum atomic E-state index is 12.0. The molecule has 2 heterocycles. The highest BCUT2D eigenvalue weighted by atomic mass is 16.5. The van der Waals surface area contributed by atoms with Crippen LogP contribution >= 0.6 is 0 Å². The number of carbonyl (C=O) groups is 1. The van der Waals surface area contributed by atoms with Crippen molar-refractivity contribution < 1.29 is 9.32 Å². The molecule has 2 aromatic rings. The van der Waals surface area contributed by atoms with Crippen molar-refractivity contribution in [3.8, 4) is 11.4 Å². The molecule has 7 nitrogen and oxygen atoms in total. The van der Waals surface area contributed by atoms with Gasteiger partial charge in [0.1, 0.15) is 0 Å². The fourth-order valence-electron chi connectivity index (χ4n) is 3.09. The van der Waals surface area contributed by atoms with Crippen LogP contribution in [0.1, 0.15) is 37.6 Å². The number of carbonyl (C=O) groups excluding carboxylic acids is 1. The molecule has 1 aromatic carbocycles. The van der Waals surface area contributed by atoms with Crippen LogP contribution in [0.4, 0.5) is 0 Å². The highest BCUT2D eigenvalue weighted by Gasteiger charge is 2.12. The first kappa shape index (κ1) is 19.5. The molecule has 0 bridgehead atoms. The van der Waals surface area contributed by atoms with Gasteiger partial charge in [0.25, 0.3) is 0 Å². The lowest BCUT2D eigenvalue weighted by Crippen LogP contribution is -2.46. The molecular formula is C20H29N5O2. The minimum absolute atomic E-state index is 0.0196. The Morgan fingerprint density at radius 1 is 1.26 bits per heavy atom. The summed E-state index contributed by atoms with van der Waals surface area (Å²) in [4.78, 5) is 18.8. The van der Waals surface area contributed by atoms with Gasteiger partial charge in [-0.25, -0.2) is 0 Å². The fraction of sp³-hybridized carbons (Fsp3) is 0.550. The molecular weight excluding hydrogens is 342 g/mol. The number of piperazine rings is 1. The number of nitrogens with zero attached hydrogens (tertiary/aromatic N) is 3. The van der Waals surface area contributed by atoms with Gasteiger partial charge in [0.2, 0.25) is 17.6 Å². The van der Waals surface area contributed by atoms with E-state index in [1.165, 1.54) is 5.56 Å². The van der Waals surface area contributed by atoms with E-state index in [1.54, 1.807) is 0 Å². The smallest absolute Gasteiger partial charge is 0.227 e. The number of aromatic nitrogens is 2. The quantitative estimate of drug-likeness (QED) is 0.736. The molecule has 0 atom stereocenters. The molecule has 7 heteroatoms. The van der Waals surface area contributed by atoms with Gasteiger partial charge in [0.15, 0.2) is 0 Å². The number of rotatable bonds is 8. The first-order valence-electron chi connectivity index (χ1n) is 9.74. The van der Waals surface area contributed by atoms with Crippen LogP contribution in [0.2, 0.25) is 0 Å². The van der Waals surface area contributed by atoms with Crippen molar-refractivity contribution in [3.63, 3.8) is 0 Å². The standard InChI is InChI=1S/C20H29N5O2/c1-15(2)16-3-5-17(6-4-16)20-23-19(27-24-20)8-7-18(26)22-11-14-25-12-9-21-10-13-25/h3-6,15,21H,7-14H2,1-2H3,(H,22,26). The largest absolute Gasteiger partial charge is 0.355 e. The monoisotopic (exact) mass is 371 g/mol. The second-order valence-corrected chi connectivity index (χ2v) is 7.23. The SMILES string of the molecule is CC(C)c1ccc(-c2noc(CCC(=O)NCCN3CCNCC3)n2)cc1. The molecule has 1 fully saturated rings. The first-order chi connectivity index (χ1) is 13.1. The summed E-state index contributed by atoms with van der Waals surface area (Å²) in [6, 6.07) is 8.18. The summed E-state index contributed by atoms with van der Waals surface area (Å²) in [6.45, 7) is 10.0. The van der Waals surface area contributed by atoms with Gasteiger partial charge in [-0.2, -0.15) is 4.98 Å². The van der Waals surface area contributed by atoms with E-state index < -0.39 is 0 Å². The first-order valence-corrected chi connectivity index (χ1v) is 9.74. The van der Waals surface area contributed by atoms with E-state index in [1.807, 2.05) is 12.1 Å². The van der Waals surface area contributed by atoms with Gasteiger partial charge in [-0.1, -0.05) is 43.3 Å². The highest BCUT2D eigenvalue weighted by Crippen LogP contribution is 2.20. The minimum Gasteiger partial charge on any atom is -0.355 e. The number of nitrogens with one attached hydrogen (secondary N) is 2. The minimum atomic E-state index is 0.0196. The van der Waals surface area contributed by atoms with Gasteiger partial charge in [0.05, 0.1) is 0 Å². The Kier molecular flexibility index (Phi) is 6.95. The van der Waals surface area contributed by atoms with Crippen molar-refractivity contribution in [2.75, 3.05) is 39.3 Å². The van der Waals surface area contributed by atoms with E-state index in [0.29, 0.717) is 37.0 Å². The summed E-state index contributed by atoms with van der Waals surface area (Å²) >= 11 is 0. The molecule has 1 amide bonds. The van der Waals surface area contributed by atoms with E-state index >= 15 is 0 Å².